The Balaban J connectivity index is 1.97. The zero-order chi connectivity index (χ0) is 15.0. The summed E-state index contributed by atoms with van der Waals surface area (Å²) in [5.41, 5.74) is 1.85. The molecular formula is C15H17N3O3. The molecule has 1 heterocycles. The van der Waals surface area contributed by atoms with E-state index in [0.29, 0.717) is 17.5 Å². The van der Waals surface area contributed by atoms with E-state index >= 15 is 0 Å². The molecule has 1 aromatic heterocycles. The van der Waals surface area contributed by atoms with Gasteiger partial charge in [-0.3, -0.25) is 15.1 Å². The van der Waals surface area contributed by atoms with Crippen LogP contribution in [-0.2, 0) is 4.74 Å². The topological polar surface area (TPSA) is 77.3 Å². The molecule has 1 aliphatic carbocycles. The van der Waals surface area contributed by atoms with Gasteiger partial charge in [-0.1, -0.05) is 0 Å². The summed E-state index contributed by atoms with van der Waals surface area (Å²) in [6, 6.07) is 5.55. The Kier molecular flexibility index (Phi) is 3.47. The van der Waals surface area contributed by atoms with Crippen LogP contribution in [0.5, 0.6) is 0 Å². The average molecular weight is 287 g/mol. The van der Waals surface area contributed by atoms with Gasteiger partial charge in [0.2, 0.25) is 0 Å². The van der Waals surface area contributed by atoms with Gasteiger partial charge in [-0.25, -0.2) is 0 Å². The number of fused-ring (bicyclic) bond motifs is 1. The molecule has 0 unspecified atom stereocenters. The molecule has 6 nitrogen and oxygen atoms in total. The maximum atomic E-state index is 11.1. The lowest BCUT2D eigenvalue weighted by atomic mass is 9.89. The Morgan fingerprint density at radius 3 is 2.81 bits per heavy atom. The van der Waals surface area contributed by atoms with Crippen molar-refractivity contribution in [2.45, 2.75) is 31.9 Å². The Hall–Kier alpha value is -2.21. The van der Waals surface area contributed by atoms with Crippen molar-refractivity contribution < 1.29 is 9.66 Å². The van der Waals surface area contributed by atoms with Gasteiger partial charge in [0.05, 0.1) is 16.4 Å². The first kappa shape index (κ1) is 13.8. The second-order valence-electron chi connectivity index (χ2n) is 5.43. The van der Waals surface area contributed by atoms with Crippen molar-refractivity contribution in [2.75, 3.05) is 12.4 Å². The highest BCUT2D eigenvalue weighted by Crippen LogP contribution is 2.34. The number of nitro benzene ring substituents is 1. The van der Waals surface area contributed by atoms with E-state index in [1.165, 1.54) is 6.07 Å². The van der Waals surface area contributed by atoms with E-state index in [2.05, 4.69) is 10.3 Å². The number of nitrogens with one attached hydrogen (secondary N) is 1. The minimum absolute atomic E-state index is 0.0893. The highest BCUT2D eigenvalue weighted by atomic mass is 16.6. The summed E-state index contributed by atoms with van der Waals surface area (Å²) in [5, 5.41) is 16.0. The molecule has 21 heavy (non-hydrogen) atoms. The number of non-ortho nitro benzene ring substituents is 1. The summed E-state index contributed by atoms with van der Waals surface area (Å²) in [6.07, 6.45) is 3.81. The second kappa shape index (κ2) is 5.29. The van der Waals surface area contributed by atoms with Gasteiger partial charge in [0.1, 0.15) is 0 Å². The monoisotopic (exact) mass is 287 g/mol. The quantitative estimate of drug-likeness (QED) is 0.690. The van der Waals surface area contributed by atoms with Crippen molar-refractivity contribution >= 4 is 22.1 Å². The zero-order valence-electron chi connectivity index (χ0n) is 12.0. The van der Waals surface area contributed by atoms with Gasteiger partial charge in [0.25, 0.3) is 5.69 Å². The van der Waals surface area contributed by atoms with Crippen LogP contribution in [0.1, 0.15) is 18.5 Å². The Bertz CT molecular complexity index is 696. The fourth-order valence-electron chi connectivity index (χ4n) is 2.71. The van der Waals surface area contributed by atoms with Crippen LogP contribution in [0.4, 0.5) is 11.4 Å². The standard InChI is InChI=1S/C15H17N3O3/c1-9-5-12-13(8-16-9)15(18(19)20)4-3-14(12)17-10-6-11(7-10)21-2/h3-5,8,10-11,17H,6-7H2,1-2H3. The molecule has 110 valence electrons. The van der Waals surface area contributed by atoms with Gasteiger partial charge in [0.15, 0.2) is 0 Å². The Morgan fingerprint density at radius 2 is 2.14 bits per heavy atom. The Labute approximate surface area is 122 Å². The van der Waals surface area contributed by atoms with Crippen LogP contribution in [0.2, 0.25) is 0 Å². The lowest BCUT2D eigenvalue weighted by molar-refractivity contribution is -0.383. The van der Waals surface area contributed by atoms with Gasteiger partial charge in [0, 0.05) is 42.2 Å². The molecule has 1 fully saturated rings. The molecule has 0 amide bonds. The summed E-state index contributed by atoms with van der Waals surface area (Å²) in [7, 11) is 1.72. The number of nitrogens with zero attached hydrogens (tertiary/aromatic N) is 2. The first-order chi connectivity index (χ1) is 10.1. The van der Waals surface area contributed by atoms with Crippen molar-refractivity contribution in [1.82, 2.24) is 4.98 Å². The number of aromatic nitrogens is 1. The highest BCUT2D eigenvalue weighted by molar-refractivity contribution is 5.99. The van der Waals surface area contributed by atoms with Gasteiger partial charge in [-0.05, 0) is 31.9 Å². The number of hydrogen-bond donors (Lipinski definition) is 1. The summed E-state index contributed by atoms with van der Waals surface area (Å²) in [6.45, 7) is 1.88. The van der Waals surface area contributed by atoms with Crippen LogP contribution in [0, 0.1) is 17.0 Å². The number of rotatable bonds is 4. The van der Waals surface area contributed by atoms with Crippen molar-refractivity contribution in [3.05, 3.63) is 40.2 Å². The number of benzene rings is 1. The molecule has 0 saturated heterocycles. The van der Waals surface area contributed by atoms with Gasteiger partial charge in [-0.15, -0.1) is 0 Å². The van der Waals surface area contributed by atoms with Crippen molar-refractivity contribution in [3.8, 4) is 0 Å². The fraction of sp³-hybridized carbons (Fsp3) is 0.400. The third-order valence-corrected chi connectivity index (χ3v) is 4.00. The van der Waals surface area contributed by atoms with Crippen LogP contribution in [0.15, 0.2) is 24.4 Å². The normalized spacial score (nSPS) is 21.0. The smallest absolute Gasteiger partial charge is 0.278 e. The number of ether oxygens (including phenoxy) is 1. The number of hydrogen-bond acceptors (Lipinski definition) is 5. The van der Waals surface area contributed by atoms with Crippen molar-refractivity contribution in [2.24, 2.45) is 0 Å². The maximum Gasteiger partial charge on any atom is 0.278 e. The minimum Gasteiger partial charge on any atom is -0.382 e. The summed E-state index contributed by atoms with van der Waals surface area (Å²) in [5.74, 6) is 0. The molecular weight excluding hydrogens is 270 g/mol. The van der Waals surface area contributed by atoms with Crippen molar-refractivity contribution in [1.29, 1.82) is 0 Å². The molecule has 6 heteroatoms. The largest absolute Gasteiger partial charge is 0.382 e. The van der Waals surface area contributed by atoms with Crippen LogP contribution in [0.3, 0.4) is 0 Å². The predicted octanol–water partition coefficient (Wildman–Crippen LogP) is 3.04. The number of nitro groups is 1. The van der Waals surface area contributed by atoms with Gasteiger partial charge in [-0.2, -0.15) is 0 Å². The molecule has 2 aromatic rings. The predicted molar refractivity (Wildman–Crippen MR) is 80.6 cm³/mol. The third-order valence-electron chi connectivity index (χ3n) is 4.00. The van der Waals surface area contributed by atoms with Crippen LogP contribution in [-0.4, -0.2) is 29.2 Å². The van der Waals surface area contributed by atoms with E-state index in [1.54, 1.807) is 19.4 Å². The number of methoxy groups -OCH3 is 1. The Morgan fingerprint density at radius 1 is 1.38 bits per heavy atom. The molecule has 0 aliphatic heterocycles. The van der Waals surface area contributed by atoms with E-state index in [0.717, 1.165) is 29.6 Å². The molecule has 0 bridgehead atoms. The number of anilines is 1. The van der Waals surface area contributed by atoms with E-state index in [-0.39, 0.29) is 10.6 Å². The summed E-state index contributed by atoms with van der Waals surface area (Å²) < 4.78 is 5.27. The van der Waals surface area contributed by atoms with E-state index < -0.39 is 0 Å². The second-order valence-corrected chi connectivity index (χ2v) is 5.43. The van der Waals surface area contributed by atoms with Crippen LogP contribution >= 0.6 is 0 Å². The van der Waals surface area contributed by atoms with E-state index in [4.69, 9.17) is 4.74 Å². The summed E-state index contributed by atoms with van der Waals surface area (Å²) in [4.78, 5) is 14.9. The fourth-order valence-corrected chi connectivity index (χ4v) is 2.71. The highest BCUT2D eigenvalue weighted by Gasteiger charge is 2.29. The van der Waals surface area contributed by atoms with Crippen LogP contribution < -0.4 is 5.32 Å². The lowest BCUT2D eigenvalue weighted by Gasteiger charge is -2.35. The van der Waals surface area contributed by atoms with Gasteiger partial charge >= 0.3 is 0 Å². The van der Waals surface area contributed by atoms with Crippen LogP contribution in [0.25, 0.3) is 10.8 Å². The third kappa shape index (κ3) is 2.54. The van der Waals surface area contributed by atoms with Crippen molar-refractivity contribution in [3.63, 3.8) is 0 Å². The lowest BCUT2D eigenvalue weighted by Crippen LogP contribution is -2.40. The number of aryl methyl sites for hydroxylation is 1. The molecule has 0 radical (unpaired) electrons. The first-order valence-corrected chi connectivity index (χ1v) is 6.91. The average Bonchev–Trinajstić information content (AvgIpc) is 2.41. The number of pyridine rings is 1. The molecule has 1 aliphatic rings. The molecule has 1 aromatic carbocycles. The minimum atomic E-state index is -0.368. The van der Waals surface area contributed by atoms with E-state index in [1.807, 2.05) is 13.0 Å². The maximum absolute atomic E-state index is 11.1. The zero-order valence-corrected chi connectivity index (χ0v) is 12.0. The first-order valence-electron chi connectivity index (χ1n) is 6.91. The molecule has 1 saturated carbocycles. The molecule has 0 spiro atoms. The van der Waals surface area contributed by atoms with E-state index in [9.17, 15) is 10.1 Å². The van der Waals surface area contributed by atoms with Gasteiger partial charge < -0.3 is 10.1 Å². The summed E-state index contributed by atoms with van der Waals surface area (Å²) >= 11 is 0. The molecule has 0 atom stereocenters. The molecule has 1 N–H and O–H groups in total. The SMILES string of the molecule is COC1CC(Nc2ccc([N+](=O)[O-])c3cnc(C)cc23)C1. The molecule has 3 rings (SSSR count).